The van der Waals surface area contributed by atoms with Crippen LogP contribution in [-0.4, -0.2) is 42.1 Å². The van der Waals surface area contributed by atoms with Crippen molar-refractivity contribution in [3.63, 3.8) is 0 Å². The molecule has 2 N–H and O–H groups in total. The van der Waals surface area contributed by atoms with Crippen LogP contribution in [0.1, 0.15) is 27.4 Å². The van der Waals surface area contributed by atoms with Gasteiger partial charge in [0.15, 0.2) is 0 Å². The zero-order chi connectivity index (χ0) is 17.8. The monoisotopic (exact) mass is 338 g/mol. The molecule has 3 aromatic rings. The van der Waals surface area contributed by atoms with E-state index in [-0.39, 0.29) is 17.3 Å². The van der Waals surface area contributed by atoms with E-state index in [0.717, 1.165) is 5.56 Å². The van der Waals surface area contributed by atoms with Crippen molar-refractivity contribution in [3.8, 4) is 5.95 Å². The fourth-order valence-corrected chi connectivity index (χ4v) is 1.97. The summed E-state index contributed by atoms with van der Waals surface area (Å²) in [5.74, 6) is -0.457. The number of amides is 1. The van der Waals surface area contributed by atoms with Crippen molar-refractivity contribution in [3.05, 3.63) is 63.6 Å². The molecule has 0 fully saturated rings. The number of nitrogens with zero attached hydrogens (tertiary/aromatic N) is 6. The van der Waals surface area contributed by atoms with E-state index in [2.05, 4.69) is 35.8 Å². The number of rotatable bonds is 4. The molecule has 3 heterocycles. The van der Waals surface area contributed by atoms with Crippen molar-refractivity contribution >= 4 is 12.1 Å². The molecule has 0 aliphatic heterocycles. The molecule has 0 saturated heterocycles. The molecule has 0 spiro atoms. The smallest absolute Gasteiger partial charge is 0.288 e. The summed E-state index contributed by atoms with van der Waals surface area (Å²) in [4.78, 5) is 30.5. The third-order valence-corrected chi connectivity index (χ3v) is 3.20. The van der Waals surface area contributed by atoms with E-state index >= 15 is 0 Å². The van der Waals surface area contributed by atoms with Gasteiger partial charge in [-0.25, -0.2) is 5.43 Å². The van der Waals surface area contributed by atoms with Crippen LogP contribution < -0.4 is 11.0 Å². The van der Waals surface area contributed by atoms with Gasteiger partial charge in [0.1, 0.15) is 11.4 Å². The van der Waals surface area contributed by atoms with Crippen LogP contribution in [0.3, 0.4) is 0 Å². The molecular formula is C15H14N8O2. The first-order chi connectivity index (χ1) is 12.0. The van der Waals surface area contributed by atoms with E-state index < -0.39 is 11.5 Å². The quantitative estimate of drug-likeness (QED) is 0.513. The lowest BCUT2D eigenvalue weighted by Gasteiger charge is -2.04. The highest BCUT2D eigenvalue weighted by atomic mass is 16.2. The highest BCUT2D eigenvalue weighted by Gasteiger charge is 2.17. The molecule has 3 rings (SSSR count). The molecule has 0 aliphatic carbocycles. The van der Waals surface area contributed by atoms with E-state index in [1.807, 2.05) is 0 Å². The van der Waals surface area contributed by atoms with E-state index in [9.17, 15) is 9.59 Å². The SMILES string of the molecule is Cc1cc(C(=O)N/N=C\c2ccncc2)n(-c2nnc(C)c(=O)[nH]2)n1. The van der Waals surface area contributed by atoms with Gasteiger partial charge in [0.05, 0.1) is 11.9 Å². The predicted molar refractivity (Wildman–Crippen MR) is 88.5 cm³/mol. The summed E-state index contributed by atoms with van der Waals surface area (Å²) in [6.45, 7) is 3.25. The molecule has 0 aliphatic rings. The average molecular weight is 338 g/mol. The fourth-order valence-electron chi connectivity index (χ4n) is 1.97. The zero-order valence-electron chi connectivity index (χ0n) is 13.5. The van der Waals surface area contributed by atoms with Crippen LogP contribution in [0.5, 0.6) is 0 Å². The molecule has 0 aromatic carbocycles. The van der Waals surface area contributed by atoms with Crippen LogP contribution in [0.4, 0.5) is 0 Å². The van der Waals surface area contributed by atoms with Gasteiger partial charge >= 0.3 is 0 Å². The molecule has 3 aromatic heterocycles. The van der Waals surface area contributed by atoms with Gasteiger partial charge in [-0.05, 0) is 37.6 Å². The van der Waals surface area contributed by atoms with Crippen molar-refractivity contribution < 1.29 is 4.79 Å². The summed E-state index contributed by atoms with van der Waals surface area (Å²) in [6.07, 6.45) is 4.72. The van der Waals surface area contributed by atoms with Gasteiger partial charge in [0.2, 0.25) is 0 Å². The van der Waals surface area contributed by atoms with E-state index in [1.165, 1.54) is 17.8 Å². The number of carbonyl (C=O) groups is 1. The highest BCUT2D eigenvalue weighted by Crippen LogP contribution is 2.07. The Morgan fingerprint density at radius 2 is 2.04 bits per heavy atom. The third kappa shape index (κ3) is 3.63. The molecule has 0 bridgehead atoms. The Hall–Kier alpha value is -3.69. The lowest BCUT2D eigenvalue weighted by atomic mass is 10.3. The maximum Gasteiger partial charge on any atom is 0.290 e. The lowest BCUT2D eigenvalue weighted by Crippen LogP contribution is -2.24. The topological polar surface area (TPSA) is 131 Å². The Balaban J connectivity index is 1.85. The van der Waals surface area contributed by atoms with E-state index in [4.69, 9.17) is 0 Å². The Morgan fingerprint density at radius 3 is 2.76 bits per heavy atom. The van der Waals surface area contributed by atoms with Gasteiger partial charge in [-0.3, -0.25) is 19.6 Å². The first-order valence-corrected chi connectivity index (χ1v) is 7.28. The predicted octanol–water partition coefficient (Wildman–Crippen LogP) is 0.126. The number of nitrogens with one attached hydrogen (secondary N) is 2. The molecule has 0 unspecified atom stereocenters. The second-order valence-corrected chi connectivity index (χ2v) is 5.13. The van der Waals surface area contributed by atoms with Crippen LogP contribution >= 0.6 is 0 Å². The first kappa shape index (κ1) is 16.2. The Labute approximate surface area is 141 Å². The molecule has 1 amide bonds. The fraction of sp³-hybridized carbons (Fsp3) is 0.133. The molecule has 10 heteroatoms. The van der Waals surface area contributed by atoms with Gasteiger partial charge in [-0.15, -0.1) is 10.2 Å². The number of aromatic amines is 1. The number of hydrazone groups is 1. The number of H-pyrrole nitrogens is 1. The van der Waals surface area contributed by atoms with Gasteiger partial charge in [0.25, 0.3) is 17.4 Å². The zero-order valence-corrected chi connectivity index (χ0v) is 13.5. The van der Waals surface area contributed by atoms with Crippen molar-refractivity contribution in [1.29, 1.82) is 0 Å². The minimum Gasteiger partial charge on any atom is -0.288 e. The standard InChI is InChI=1S/C15H14N8O2/c1-9-7-12(14(25)20-17-8-11-3-5-16-6-4-11)23(22-9)15-18-13(24)10(2)19-21-15/h3-8H,1-2H3,(H,20,25)(H,18,21,24)/b17-8-. The van der Waals surface area contributed by atoms with Crippen LogP contribution in [0.15, 0.2) is 40.5 Å². The van der Waals surface area contributed by atoms with E-state index in [0.29, 0.717) is 5.69 Å². The van der Waals surface area contributed by atoms with E-state index in [1.54, 1.807) is 37.5 Å². The van der Waals surface area contributed by atoms with Gasteiger partial charge < -0.3 is 0 Å². The minimum atomic E-state index is -0.505. The molecule has 25 heavy (non-hydrogen) atoms. The van der Waals surface area contributed by atoms with Crippen molar-refractivity contribution in [2.45, 2.75) is 13.8 Å². The second kappa shape index (κ2) is 6.83. The van der Waals surface area contributed by atoms with Gasteiger partial charge in [-0.1, -0.05) is 0 Å². The van der Waals surface area contributed by atoms with Crippen LogP contribution in [-0.2, 0) is 0 Å². The van der Waals surface area contributed by atoms with Crippen LogP contribution in [0.2, 0.25) is 0 Å². The van der Waals surface area contributed by atoms with Crippen LogP contribution in [0.25, 0.3) is 5.95 Å². The molecule has 0 radical (unpaired) electrons. The second-order valence-electron chi connectivity index (χ2n) is 5.13. The summed E-state index contributed by atoms with van der Waals surface area (Å²) < 4.78 is 1.21. The maximum atomic E-state index is 12.4. The third-order valence-electron chi connectivity index (χ3n) is 3.20. The number of hydrogen-bond donors (Lipinski definition) is 2. The number of carbonyl (C=O) groups excluding carboxylic acids is 1. The molecule has 126 valence electrons. The van der Waals surface area contributed by atoms with Crippen molar-refractivity contribution in [2.24, 2.45) is 5.10 Å². The summed E-state index contributed by atoms with van der Waals surface area (Å²) in [7, 11) is 0. The number of aromatic nitrogens is 6. The van der Waals surface area contributed by atoms with Gasteiger partial charge in [0, 0.05) is 12.4 Å². The molecule has 0 saturated carbocycles. The Kier molecular flexibility index (Phi) is 4.42. The Morgan fingerprint density at radius 1 is 1.28 bits per heavy atom. The van der Waals surface area contributed by atoms with Crippen LogP contribution in [0, 0.1) is 13.8 Å². The normalized spacial score (nSPS) is 11.0. The largest absolute Gasteiger partial charge is 0.290 e. The number of hydrogen-bond acceptors (Lipinski definition) is 7. The first-order valence-electron chi connectivity index (χ1n) is 7.28. The van der Waals surface area contributed by atoms with Gasteiger partial charge in [-0.2, -0.15) is 14.9 Å². The molecule has 10 nitrogen and oxygen atoms in total. The summed E-state index contributed by atoms with van der Waals surface area (Å²) >= 11 is 0. The van der Waals surface area contributed by atoms with Crippen molar-refractivity contribution in [1.82, 2.24) is 35.4 Å². The van der Waals surface area contributed by atoms with Crippen molar-refractivity contribution in [2.75, 3.05) is 0 Å². The summed E-state index contributed by atoms with van der Waals surface area (Å²) in [5.41, 5.74) is 3.75. The highest BCUT2D eigenvalue weighted by molar-refractivity contribution is 5.93. The maximum absolute atomic E-state index is 12.4. The summed E-state index contributed by atoms with van der Waals surface area (Å²) in [6, 6.07) is 5.05. The average Bonchev–Trinajstić information content (AvgIpc) is 3.00. The lowest BCUT2D eigenvalue weighted by molar-refractivity contribution is 0.0947. The number of aryl methyl sites for hydroxylation is 2. The molecular weight excluding hydrogens is 324 g/mol. The minimum absolute atomic E-state index is 0.0481. The molecule has 0 atom stereocenters. The number of pyridine rings is 1. The summed E-state index contributed by atoms with van der Waals surface area (Å²) in [5, 5.41) is 15.7. The Bertz CT molecular complexity index is 990.